The summed E-state index contributed by atoms with van der Waals surface area (Å²) in [5.74, 6) is -2.25. The van der Waals surface area contributed by atoms with Gasteiger partial charge in [-0.05, 0) is 38.1 Å². The van der Waals surface area contributed by atoms with Gasteiger partial charge in [0, 0.05) is 34.3 Å². The van der Waals surface area contributed by atoms with Gasteiger partial charge in [0.05, 0.1) is 40.7 Å². The Kier molecular flexibility index (Phi) is 5.39. The monoisotopic (exact) mass is 447 g/mol. The topological polar surface area (TPSA) is 118 Å². The maximum Gasteiger partial charge on any atom is 0.249 e. The number of nitriles is 1. The van der Waals surface area contributed by atoms with E-state index in [1.54, 1.807) is 19.9 Å². The lowest BCUT2D eigenvalue weighted by Gasteiger charge is -2.18. The Hall–Kier alpha value is -4.16. The number of nitrogens with two attached hydrogens (primary N) is 1. The van der Waals surface area contributed by atoms with E-state index in [-0.39, 0.29) is 40.1 Å². The number of aromatic nitrogens is 3. The van der Waals surface area contributed by atoms with E-state index in [1.807, 2.05) is 0 Å². The molecule has 9 heteroatoms. The fourth-order valence-corrected chi connectivity index (χ4v) is 3.70. The van der Waals surface area contributed by atoms with E-state index in [9.17, 15) is 14.3 Å². The third kappa shape index (κ3) is 4.16. The van der Waals surface area contributed by atoms with Crippen molar-refractivity contribution in [3.63, 3.8) is 0 Å². The van der Waals surface area contributed by atoms with Gasteiger partial charge in [0.25, 0.3) is 0 Å². The number of carbonyl (C=O) groups is 1. The molecule has 0 bridgehead atoms. The highest BCUT2D eigenvalue weighted by molar-refractivity contribution is 6.04. The van der Waals surface area contributed by atoms with Gasteiger partial charge in [-0.25, -0.2) is 8.78 Å². The molecule has 3 N–H and O–H groups in total. The van der Waals surface area contributed by atoms with Gasteiger partial charge < -0.3 is 10.8 Å². The van der Waals surface area contributed by atoms with E-state index in [0.29, 0.717) is 10.9 Å². The number of halogens is 2. The summed E-state index contributed by atoms with van der Waals surface area (Å²) in [7, 11) is 0. The summed E-state index contributed by atoms with van der Waals surface area (Å²) in [6.07, 6.45) is 2.85. The van der Waals surface area contributed by atoms with Crippen LogP contribution in [0.15, 0.2) is 48.8 Å². The number of hydrogen-bond donors (Lipinski definition) is 2. The second-order valence-electron chi connectivity index (χ2n) is 8.26. The first-order valence-electron chi connectivity index (χ1n) is 9.95. The number of carbonyl (C=O) groups excluding carboxylic acids is 1. The molecule has 0 saturated heterocycles. The van der Waals surface area contributed by atoms with Crippen molar-refractivity contribution in [3.8, 4) is 28.5 Å². The van der Waals surface area contributed by atoms with Gasteiger partial charge >= 0.3 is 0 Å². The molecule has 1 amide bonds. The Morgan fingerprint density at radius 3 is 2.61 bits per heavy atom. The summed E-state index contributed by atoms with van der Waals surface area (Å²) >= 11 is 0. The summed E-state index contributed by atoms with van der Waals surface area (Å²) in [5, 5.41) is 23.9. The van der Waals surface area contributed by atoms with Crippen LogP contribution in [-0.4, -0.2) is 31.4 Å². The highest BCUT2D eigenvalue weighted by atomic mass is 19.1. The van der Waals surface area contributed by atoms with E-state index in [0.717, 1.165) is 6.07 Å². The number of fused-ring (bicyclic) bond motifs is 1. The zero-order valence-corrected chi connectivity index (χ0v) is 17.8. The van der Waals surface area contributed by atoms with Crippen molar-refractivity contribution in [2.24, 2.45) is 5.73 Å². The lowest BCUT2D eigenvalue weighted by Crippen LogP contribution is -2.26. The molecule has 0 unspecified atom stereocenters. The average Bonchev–Trinajstić information content (AvgIpc) is 3.12. The Balaban J connectivity index is 1.97. The van der Waals surface area contributed by atoms with Crippen molar-refractivity contribution in [3.05, 3.63) is 71.6 Å². The van der Waals surface area contributed by atoms with Gasteiger partial charge in [-0.2, -0.15) is 10.4 Å². The van der Waals surface area contributed by atoms with Gasteiger partial charge in [-0.15, -0.1) is 0 Å². The lowest BCUT2D eigenvalue weighted by molar-refractivity contribution is 0.0591. The van der Waals surface area contributed by atoms with Crippen LogP contribution >= 0.6 is 0 Å². The number of nitrogens with zero attached hydrogens (tertiary/aromatic N) is 4. The van der Waals surface area contributed by atoms with Crippen LogP contribution in [0.25, 0.3) is 33.3 Å². The maximum absolute atomic E-state index is 15.4. The minimum Gasteiger partial charge on any atom is -0.389 e. The zero-order chi connectivity index (χ0) is 23.9. The Morgan fingerprint density at radius 1 is 1.21 bits per heavy atom. The summed E-state index contributed by atoms with van der Waals surface area (Å²) in [6.45, 7) is 3.37. The highest BCUT2D eigenvalue weighted by Gasteiger charge is 2.23. The largest absolute Gasteiger partial charge is 0.389 e. The van der Waals surface area contributed by atoms with Crippen LogP contribution in [0.2, 0.25) is 0 Å². The first kappa shape index (κ1) is 22.0. The van der Waals surface area contributed by atoms with Crippen molar-refractivity contribution in [2.75, 3.05) is 0 Å². The quantitative estimate of drug-likeness (QED) is 0.483. The van der Waals surface area contributed by atoms with Crippen LogP contribution in [0.3, 0.4) is 0 Å². The smallest absolute Gasteiger partial charge is 0.249 e. The second-order valence-corrected chi connectivity index (χ2v) is 8.26. The third-order valence-electron chi connectivity index (χ3n) is 5.12. The molecule has 0 atom stereocenters. The molecule has 4 aromatic rings. The predicted octanol–water partition coefficient (Wildman–Crippen LogP) is 3.78. The van der Waals surface area contributed by atoms with Gasteiger partial charge in [0.2, 0.25) is 5.91 Å². The normalized spacial score (nSPS) is 11.5. The molecule has 33 heavy (non-hydrogen) atoms. The number of rotatable bonds is 5. The van der Waals surface area contributed by atoms with Crippen LogP contribution in [-0.2, 0) is 6.54 Å². The molecular weight excluding hydrogens is 428 g/mol. The Labute approximate surface area is 187 Å². The highest BCUT2D eigenvalue weighted by Crippen LogP contribution is 2.37. The molecule has 7 nitrogen and oxygen atoms in total. The molecule has 2 aromatic carbocycles. The molecule has 0 spiro atoms. The van der Waals surface area contributed by atoms with E-state index >= 15 is 4.39 Å². The fourth-order valence-electron chi connectivity index (χ4n) is 3.70. The predicted molar refractivity (Wildman–Crippen MR) is 118 cm³/mol. The van der Waals surface area contributed by atoms with E-state index in [1.165, 1.54) is 47.4 Å². The Morgan fingerprint density at radius 2 is 1.97 bits per heavy atom. The molecule has 0 saturated carbocycles. The van der Waals surface area contributed by atoms with Crippen LogP contribution < -0.4 is 5.73 Å². The van der Waals surface area contributed by atoms with Gasteiger partial charge in [0.15, 0.2) is 0 Å². The molecule has 0 fully saturated rings. The van der Waals surface area contributed by atoms with Crippen molar-refractivity contribution in [2.45, 2.75) is 26.0 Å². The Bertz CT molecular complexity index is 1450. The van der Waals surface area contributed by atoms with Gasteiger partial charge in [-0.3, -0.25) is 14.5 Å². The van der Waals surface area contributed by atoms with Crippen molar-refractivity contribution in [1.82, 2.24) is 14.8 Å². The van der Waals surface area contributed by atoms with E-state index in [2.05, 4.69) is 10.1 Å². The number of benzene rings is 2. The molecular formula is C24H19F2N5O2. The van der Waals surface area contributed by atoms with Crippen LogP contribution in [0.1, 0.15) is 29.8 Å². The molecule has 0 radical (unpaired) electrons. The fraction of sp³-hybridized carbons (Fsp3) is 0.167. The van der Waals surface area contributed by atoms with Crippen LogP contribution in [0.5, 0.6) is 0 Å². The molecule has 0 aliphatic heterocycles. The van der Waals surface area contributed by atoms with E-state index < -0.39 is 23.1 Å². The lowest BCUT2D eigenvalue weighted by atomic mass is 9.93. The minimum absolute atomic E-state index is 0.00639. The van der Waals surface area contributed by atoms with Crippen LogP contribution in [0.4, 0.5) is 8.78 Å². The summed E-state index contributed by atoms with van der Waals surface area (Å²) < 4.78 is 31.2. The number of hydrogen-bond acceptors (Lipinski definition) is 5. The van der Waals surface area contributed by atoms with Gasteiger partial charge in [-0.1, -0.05) is 6.07 Å². The maximum atomic E-state index is 15.4. The molecule has 2 aromatic heterocycles. The average molecular weight is 447 g/mol. The summed E-state index contributed by atoms with van der Waals surface area (Å²) in [6, 6.07) is 9.72. The first-order chi connectivity index (χ1) is 15.6. The molecule has 0 aliphatic carbocycles. The van der Waals surface area contributed by atoms with Crippen molar-refractivity contribution in [1.29, 1.82) is 5.26 Å². The molecule has 4 rings (SSSR count). The SMILES string of the molecule is CC(C)(O)Cn1ncc2cc(-c3c(C(N)=O)ccnc3-c3ccc(C#N)c(F)c3)c(F)cc21. The summed E-state index contributed by atoms with van der Waals surface area (Å²) in [5.41, 5.74) is 5.32. The molecule has 166 valence electrons. The zero-order valence-electron chi connectivity index (χ0n) is 17.8. The van der Waals surface area contributed by atoms with Crippen LogP contribution in [0, 0.1) is 23.0 Å². The number of aliphatic hydroxyl groups is 1. The second kappa shape index (κ2) is 8.07. The first-order valence-corrected chi connectivity index (χ1v) is 9.95. The van der Waals surface area contributed by atoms with Crippen molar-refractivity contribution >= 4 is 16.8 Å². The molecule has 0 aliphatic rings. The summed E-state index contributed by atoms with van der Waals surface area (Å²) in [4.78, 5) is 16.5. The van der Waals surface area contributed by atoms with Crippen molar-refractivity contribution < 1.29 is 18.7 Å². The number of pyridine rings is 1. The van der Waals surface area contributed by atoms with Gasteiger partial charge in [0.1, 0.15) is 17.7 Å². The molecule has 2 heterocycles. The third-order valence-corrected chi connectivity index (χ3v) is 5.12. The number of amides is 1. The van der Waals surface area contributed by atoms with E-state index in [4.69, 9.17) is 11.0 Å². The standard InChI is InChI=1S/C24H19F2N5O2/c1-24(2,33)12-31-20-9-19(26)17(7-15(20)11-30-31)21-16(23(28)32)5-6-29-22(21)13-3-4-14(10-27)18(25)8-13/h3-9,11,33H,12H2,1-2H3,(H2,28,32). The number of primary amides is 1. The minimum atomic E-state index is -1.07.